The van der Waals surface area contributed by atoms with Crippen LogP contribution in [0.5, 0.6) is 0 Å². The fraction of sp³-hybridized carbons (Fsp3) is 0.625. The highest BCUT2D eigenvalue weighted by molar-refractivity contribution is 6.31. The summed E-state index contributed by atoms with van der Waals surface area (Å²) in [6.45, 7) is 7.48. The standard InChI is InChI=1S/C16H23ClN2O2/c1-16(2,3)15(20)21-14(11-4-7-18-8-5-11)12-6-9-19-10-13(12)17/h6,9-11,14,18H,4-5,7-8H2,1-3H3. The molecule has 1 aromatic heterocycles. The van der Waals surface area contributed by atoms with Crippen molar-refractivity contribution in [1.29, 1.82) is 0 Å². The van der Waals surface area contributed by atoms with Gasteiger partial charge in [0, 0.05) is 23.9 Å². The zero-order chi connectivity index (χ0) is 15.5. The number of hydrogen-bond donors (Lipinski definition) is 1. The molecule has 1 unspecified atom stereocenters. The molecule has 116 valence electrons. The zero-order valence-electron chi connectivity index (χ0n) is 12.9. The van der Waals surface area contributed by atoms with E-state index in [4.69, 9.17) is 16.3 Å². The van der Waals surface area contributed by atoms with Gasteiger partial charge >= 0.3 is 5.97 Å². The molecule has 0 amide bonds. The van der Waals surface area contributed by atoms with Crippen LogP contribution in [0.2, 0.25) is 5.02 Å². The van der Waals surface area contributed by atoms with Gasteiger partial charge in [0.1, 0.15) is 6.10 Å². The van der Waals surface area contributed by atoms with Gasteiger partial charge in [-0.2, -0.15) is 0 Å². The number of ether oxygens (including phenoxy) is 1. The lowest BCUT2D eigenvalue weighted by Crippen LogP contribution is -2.34. The van der Waals surface area contributed by atoms with Crippen LogP contribution in [0.3, 0.4) is 0 Å². The molecule has 21 heavy (non-hydrogen) atoms. The molecule has 1 aromatic rings. The van der Waals surface area contributed by atoms with Gasteiger partial charge < -0.3 is 10.1 Å². The molecule has 0 spiro atoms. The zero-order valence-corrected chi connectivity index (χ0v) is 13.6. The quantitative estimate of drug-likeness (QED) is 0.870. The average Bonchev–Trinajstić information content (AvgIpc) is 2.45. The second kappa shape index (κ2) is 6.75. The number of rotatable bonds is 3. The molecule has 1 aliphatic heterocycles. The molecule has 0 saturated carbocycles. The lowest BCUT2D eigenvalue weighted by Gasteiger charge is -2.32. The summed E-state index contributed by atoms with van der Waals surface area (Å²) in [4.78, 5) is 16.3. The highest BCUT2D eigenvalue weighted by atomic mass is 35.5. The van der Waals surface area contributed by atoms with Crippen molar-refractivity contribution >= 4 is 17.6 Å². The lowest BCUT2D eigenvalue weighted by atomic mass is 9.87. The van der Waals surface area contributed by atoms with E-state index in [1.54, 1.807) is 12.4 Å². The first kappa shape index (κ1) is 16.2. The second-order valence-corrected chi connectivity index (χ2v) is 6.97. The maximum Gasteiger partial charge on any atom is 0.311 e. The minimum Gasteiger partial charge on any atom is -0.457 e. The Kier molecular flexibility index (Phi) is 5.22. The van der Waals surface area contributed by atoms with E-state index in [9.17, 15) is 4.79 Å². The van der Waals surface area contributed by atoms with Crippen LogP contribution in [-0.2, 0) is 9.53 Å². The van der Waals surface area contributed by atoms with Crippen molar-refractivity contribution in [2.24, 2.45) is 11.3 Å². The molecule has 5 heteroatoms. The Bertz CT molecular complexity index is 493. The highest BCUT2D eigenvalue weighted by Crippen LogP contribution is 2.37. The SMILES string of the molecule is CC(C)(C)C(=O)OC(c1ccncc1Cl)C1CCNCC1. The minimum absolute atomic E-state index is 0.195. The Hall–Kier alpha value is -1.13. The first-order valence-electron chi connectivity index (χ1n) is 7.41. The summed E-state index contributed by atoms with van der Waals surface area (Å²) in [5.41, 5.74) is 0.334. The van der Waals surface area contributed by atoms with Crippen LogP contribution in [0.4, 0.5) is 0 Å². The second-order valence-electron chi connectivity index (χ2n) is 6.56. The first-order chi connectivity index (χ1) is 9.89. The molecule has 0 bridgehead atoms. The van der Waals surface area contributed by atoms with Gasteiger partial charge in [-0.1, -0.05) is 11.6 Å². The molecular formula is C16H23ClN2O2. The van der Waals surface area contributed by atoms with E-state index in [2.05, 4.69) is 10.3 Å². The number of halogens is 1. The number of pyridine rings is 1. The van der Waals surface area contributed by atoms with Crippen LogP contribution in [0.25, 0.3) is 0 Å². The third kappa shape index (κ3) is 4.17. The van der Waals surface area contributed by atoms with Crippen molar-refractivity contribution in [2.75, 3.05) is 13.1 Å². The fourth-order valence-corrected chi connectivity index (χ4v) is 2.70. The number of nitrogens with zero attached hydrogens (tertiary/aromatic N) is 1. The molecule has 2 rings (SSSR count). The predicted molar refractivity (Wildman–Crippen MR) is 83.1 cm³/mol. The van der Waals surface area contributed by atoms with Crippen molar-refractivity contribution < 1.29 is 9.53 Å². The molecule has 4 nitrogen and oxygen atoms in total. The van der Waals surface area contributed by atoms with E-state index in [-0.39, 0.29) is 18.0 Å². The third-order valence-corrected chi connectivity index (χ3v) is 4.08. The number of hydrogen-bond acceptors (Lipinski definition) is 4. The Balaban J connectivity index is 2.26. The molecule has 0 radical (unpaired) electrons. The van der Waals surface area contributed by atoms with E-state index < -0.39 is 5.41 Å². The maximum atomic E-state index is 12.3. The summed E-state index contributed by atoms with van der Waals surface area (Å²) in [6, 6.07) is 1.85. The molecule has 1 saturated heterocycles. The Morgan fingerprint density at radius 3 is 2.67 bits per heavy atom. The van der Waals surface area contributed by atoms with E-state index in [1.165, 1.54) is 0 Å². The molecule has 0 aromatic carbocycles. The molecular weight excluding hydrogens is 288 g/mol. The molecule has 1 N–H and O–H groups in total. The number of aromatic nitrogens is 1. The van der Waals surface area contributed by atoms with Crippen LogP contribution in [0.15, 0.2) is 18.5 Å². The summed E-state index contributed by atoms with van der Waals surface area (Å²) in [6.07, 6.45) is 4.95. The summed E-state index contributed by atoms with van der Waals surface area (Å²) in [5.74, 6) is 0.0939. The van der Waals surface area contributed by atoms with Crippen molar-refractivity contribution in [1.82, 2.24) is 10.3 Å². The largest absolute Gasteiger partial charge is 0.457 e. The topological polar surface area (TPSA) is 51.2 Å². The van der Waals surface area contributed by atoms with Crippen molar-refractivity contribution in [2.45, 2.75) is 39.7 Å². The van der Waals surface area contributed by atoms with Crippen molar-refractivity contribution in [3.8, 4) is 0 Å². The molecule has 0 aliphatic carbocycles. The number of piperidine rings is 1. The number of carbonyl (C=O) groups excluding carboxylic acids is 1. The number of esters is 1. The van der Waals surface area contributed by atoms with Gasteiger partial charge in [0.05, 0.1) is 10.4 Å². The molecule has 1 atom stereocenters. The molecule has 2 heterocycles. The number of nitrogens with one attached hydrogen (secondary N) is 1. The predicted octanol–water partition coefficient (Wildman–Crippen LogP) is 3.37. The summed E-state index contributed by atoms with van der Waals surface area (Å²) >= 11 is 6.27. The Morgan fingerprint density at radius 2 is 2.10 bits per heavy atom. The Morgan fingerprint density at radius 1 is 1.43 bits per heavy atom. The van der Waals surface area contributed by atoms with Gasteiger partial charge in [0.25, 0.3) is 0 Å². The van der Waals surface area contributed by atoms with E-state index in [0.29, 0.717) is 5.02 Å². The van der Waals surface area contributed by atoms with Crippen LogP contribution < -0.4 is 5.32 Å². The van der Waals surface area contributed by atoms with Gasteiger partial charge in [0.2, 0.25) is 0 Å². The highest BCUT2D eigenvalue weighted by Gasteiger charge is 2.33. The van der Waals surface area contributed by atoms with Crippen LogP contribution in [0.1, 0.15) is 45.3 Å². The normalized spacial score (nSPS) is 18.3. The minimum atomic E-state index is -0.523. The van der Waals surface area contributed by atoms with Gasteiger partial charge in [-0.3, -0.25) is 9.78 Å². The van der Waals surface area contributed by atoms with Crippen molar-refractivity contribution in [3.05, 3.63) is 29.0 Å². The third-order valence-electron chi connectivity index (χ3n) is 3.77. The van der Waals surface area contributed by atoms with E-state index >= 15 is 0 Å². The summed E-state index contributed by atoms with van der Waals surface area (Å²) in [5, 5.41) is 3.89. The van der Waals surface area contributed by atoms with Crippen LogP contribution in [-0.4, -0.2) is 24.0 Å². The van der Waals surface area contributed by atoms with Gasteiger partial charge in [-0.25, -0.2) is 0 Å². The van der Waals surface area contributed by atoms with Crippen LogP contribution in [0, 0.1) is 11.3 Å². The molecule has 1 fully saturated rings. The number of carbonyl (C=O) groups is 1. The summed E-state index contributed by atoms with van der Waals surface area (Å²) in [7, 11) is 0. The lowest BCUT2D eigenvalue weighted by molar-refractivity contribution is -0.162. The van der Waals surface area contributed by atoms with Crippen molar-refractivity contribution in [3.63, 3.8) is 0 Å². The first-order valence-corrected chi connectivity index (χ1v) is 7.78. The van der Waals surface area contributed by atoms with E-state index in [0.717, 1.165) is 31.5 Å². The van der Waals surface area contributed by atoms with Gasteiger partial charge in [0.15, 0.2) is 0 Å². The fourth-order valence-electron chi connectivity index (χ4n) is 2.47. The van der Waals surface area contributed by atoms with Crippen LogP contribution >= 0.6 is 11.6 Å². The monoisotopic (exact) mass is 310 g/mol. The molecule has 1 aliphatic rings. The summed E-state index contributed by atoms with van der Waals surface area (Å²) < 4.78 is 5.84. The average molecular weight is 311 g/mol. The smallest absolute Gasteiger partial charge is 0.311 e. The maximum absolute atomic E-state index is 12.3. The van der Waals surface area contributed by atoms with Gasteiger partial charge in [-0.15, -0.1) is 0 Å². The Labute approximate surface area is 131 Å². The van der Waals surface area contributed by atoms with E-state index in [1.807, 2.05) is 26.8 Å². The van der Waals surface area contributed by atoms with Gasteiger partial charge in [-0.05, 0) is 52.8 Å².